The van der Waals surface area contributed by atoms with Gasteiger partial charge in [-0.15, -0.1) is 0 Å². The summed E-state index contributed by atoms with van der Waals surface area (Å²) < 4.78 is 2.05. The molecule has 0 saturated carbocycles. The zero-order valence-electron chi connectivity index (χ0n) is 11.7. The molecule has 1 N–H and O–H groups in total. The molecule has 0 bridgehead atoms. The maximum Gasteiger partial charge on any atom is 0.0813 e. The number of rotatable bonds is 6. The van der Waals surface area contributed by atoms with Gasteiger partial charge in [0.1, 0.15) is 0 Å². The number of hydroxylamine groups is 1. The Kier molecular flexibility index (Phi) is 5.15. The van der Waals surface area contributed by atoms with Crippen LogP contribution in [-0.2, 0) is 11.4 Å². The molecular formula is C13H25N3O. The minimum atomic E-state index is -0.169. The minimum absolute atomic E-state index is 0.169. The second-order valence-corrected chi connectivity index (χ2v) is 5.29. The van der Waals surface area contributed by atoms with Gasteiger partial charge in [-0.25, -0.2) is 0 Å². The van der Waals surface area contributed by atoms with Crippen molar-refractivity contribution in [1.82, 2.24) is 15.3 Å². The maximum absolute atomic E-state index is 5.46. The summed E-state index contributed by atoms with van der Waals surface area (Å²) in [6, 6.07) is 2.55. The van der Waals surface area contributed by atoms with Crippen LogP contribution in [0.25, 0.3) is 0 Å². The predicted molar refractivity (Wildman–Crippen MR) is 69.5 cm³/mol. The van der Waals surface area contributed by atoms with Crippen LogP contribution in [0, 0.1) is 0 Å². The Morgan fingerprint density at radius 3 is 2.53 bits per heavy atom. The van der Waals surface area contributed by atoms with E-state index in [1.165, 1.54) is 0 Å². The van der Waals surface area contributed by atoms with Crippen molar-refractivity contribution in [2.24, 2.45) is 0 Å². The van der Waals surface area contributed by atoms with Crippen LogP contribution in [0.5, 0.6) is 0 Å². The van der Waals surface area contributed by atoms with Crippen molar-refractivity contribution < 1.29 is 4.84 Å². The largest absolute Gasteiger partial charge is 0.296 e. The van der Waals surface area contributed by atoms with Crippen molar-refractivity contribution in [3.05, 3.63) is 18.0 Å². The highest BCUT2D eigenvalue weighted by atomic mass is 16.7. The average molecular weight is 239 g/mol. The summed E-state index contributed by atoms with van der Waals surface area (Å²) in [5.41, 5.74) is 3.80. The van der Waals surface area contributed by atoms with E-state index in [4.69, 9.17) is 4.84 Å². The molecule has 0 unspecified atom stereocenters. The van der Waals surface area contributed by atoms with Gasteiger partial charge < -0.3 is 0 Å². The van der Waals surface area contributed by atoms with E-state index in [-0.39, 0.29) is 5.60 Å². The summed E-state index contributed by atoms with van der Waals surface area (Å²) >= 11 is 0. The molecule has 0 aliphatic heterocycles. The average Bonchev–Trinajstić information content (AvgIpc) is 2.67. The van der Waals surface area contributed by atoms with Gasteiger partial charge in [0.25, 0.3) is 0 Å². The van der Waals surface area contributed by atoms with E-state index in [2.05, 4.69) is 24.4 Å². The van der Waals surface area contributed by atoms with E-state index in [9.17, 15) is 0 Å². The summed E-state index contributed by atoms with van der Waals surface area (Å²) in [5, 5.41) is 4.55. The van der Waals surface area contributed by atoms with Crippen molar-refractivity contribution in [2.75, 3.05) is 0 Å². The monoisotopic (exact) mass is 239 g/mol. The lowest BCUT2D eigenvalue weighted by atomic mass is 10.2. The highest BCUT2D eigenvalue weighted by Crippen LogP contribution is 2.14. The molecule has 0 radical (unpaired) electrons. The van der Waals surface area contributed by atoms with Crippen LogP contribution >= 0.6 is 0 Å². The van der Waals surface area contributed by atoms with Crippen molar-refractivity contribution >= 4 is 0 Å². The van der Waals surface area contributed by atoms with Crippen LogP contribution in [0.4, 0.5) is 0 Å². The number of aromatic nitrogens is 2. The van der Waals surface area contributed by atoms with Crippen LogP contribution in [0.3, 0.4) is 0 Å². The van der Waals surface area contributed by atoms with E-state index >= 15 is 0 Å². The quantitative estimate of drug-likeness (QED) is 0.775. The van der Waals surface area contributed by atoms with E-state index in [1.807, 2.05) is 37.7 Å². The second-order valence-electron chi connectivity index (χ2n) is 5.29. The third-order valence-corrected chi connectivity index (χ3v) is 2.61. The maximum atomic E-state index is 5.46. The first-order chi connectivity index (χ1) is 7.96. The summed E-state index contributed by atoms with van der Waals surface area (Å²) in [6.07, 6.45) is 4.28. The van der Waals surface area contributed by atoms with E-state index in [0.717, 1.165) is 18.5 Å². The van der Waals surface area contributed by atoms with Gasteiger partial charge in [0.05, 0.1) is 23.9 Å². The summed E-state index contributed by atoms with van der Waals surface area (Å²) in [4.78, 5) is 5.46. The third-order valence-electron chi connectivity index (χ3n) is 2.61. The van der Waals surface area contributed by atoms with Crippen LogP contribution < -0.4 is 5.48 Å². The molecule has 0 aliphatic carbocycles. The molecule has 0 aromatic carbocycles. The molecule has 1 rings (SSSR count). The molecule has 4 heteroatoms. The Morgan fingerprint density at radius 2 is 2.00 bits per heavy atom. The molecule has 0 saturated heterocycles. The summed E-state index contributed by atoms with van der Waals surface area (Å²) in [5.74, 6) is 0. The normalized spacial score (nSPS) is 12.4. The van der Waals surface area contributed by atoms with Crippen LogP contribution in [0.1, 0.15) is 59.2 Å². The number of nitrogens with one attached hydrogen (secondary N) is 1. The first-order valence-electron chi connectivity index (χ1n) is 6.41. The fraction of sp³-hybridized carbons (Fsp3) is 0.769. The highest BCUT2D eigenvalue weighted by molar-refractivity contribution is 4.98. The SMILES string of the molecule is CCC(CC)n1ccc(CNOC(C)(C)C)n1. The molecule has 1 aromatic rings. The van der Waals surface area contributed by atoms with Gasteiger partial charge >= 0.3 is 0 Å². The van der Waals surface area contributed by atoms with Gasteiger partial charge in [0.2, 0.25) is 0 Å². The third kappa shape index (κ3) is 4.88. The molecule has 1 heterocycles. The summed E-state index contributed by atoms with van der Waals surface area (Å²) in [7, 11) is 0. The lowest BCUT2D eigenvalue weighted by molar-refractivity contribution is -0.0762. The molecular weight excluding hydrogens is 214 g/mol. The number of nitrogens with zero attached hydrogens (tertiary/aromatic N) is 2. The van der Waals surface area contributed by atoms with Crippen LogP contribution in [0.2, 0.25) is 0 Å². The second kappa shape index (κ2) is 6.17. The van der Waals surface area contributed by atoms with E-state index < -0.39 is 0 Å². The van der Waals surface area contributed by atoms with Gasteiger partial charge in [-0.2, -0.15) is 10.6 Å². The number of hydrogen-bond acceptors (Lipinski definition) is 3. The Balaban J connectivity index is 2.46. The Hall–Kier alpha value is -0.870. The van der Waals surface area contributed by atoms with Crippen molar-refractivity contribution in [3.8, 4) is 0 Å². The van der Waals surface area contributed by atoms with Crippen molar-refractivity contribution in [3.63, 3.8) is 0 Å². The fourth-order valence-electron chi connectivity index (χ4n) is 1.66. The molecule has 17 heavy (non-hydrogen) atoms. The molecule has 0 amide bonds. The van der Waals surface area contributed by atoms with Crippen molar-refractivity contribution in [1.29, 1.82) is 0 Å². The molecule has 0 aliphatic rings. The summed E-state index contributed by atoms with van der Waals surface area (Å²) in [6.45, 7) is 11.1. The zero-order chi connectivity index (χ0) is 12.9. The Bertz CT molecular complexity index is 324. The molecule has 1 aromatic heterocycles. The first-order valence-corrected chi connectivity index (χ1v) is 6.41. The minimum Gasteiger partial charge on any atom is -0.296 e. The Morgan fingerprint density at radius 1 is 1.35 bits per heavy atom. The molecule has 98 valence electrons. The van der Waals surface area contributed by atoms with Gasteiger partial charge in [0, 0.05) is 6.20 Å². The molecule has 0 fully saturated rings. The lowest BCUT2D eigenvalue weighted by Gasteiger charge is -2.18. The number of hydrogen-bond donors (Lipinski definition) is 1. The smallest absolute Gasteiger partial charge is 0.0813 e. The molecule has 0 atom stereocenters. The van der Waals surface area contributed by atoms with Gasteiger partial charge in [-0.3, -0.25) is 9.52 Å². The Labute approximate surface area is 104 Å². The van der Waals surface area contributed by atoms with E-state index in [1.54, 1.807) is 0 Å². The van der Waals surface area contributed by atoms with Crippen LogP contribution in [0.15, 0.2) is 12.3 Å². The first kappa shape index (κ1) is 14.2. The molecule has 4 nitrogen and oxygen atoms in total. The predicted octanol–water partition coefficient (Wildman–Crippen LogP) is 3.06. The van der Waals surface area contributed by atoms with E-state index in [0.29, 0.717) is 12.6 Å². The fourth-order valence-corrected chi connectivity index (χ4v) is 1.66. The van der Waals surface area contributed by atoms with Crippen LogP contribution in [-0.4, -0.2) is 15.4 Å². The molecule has 0 spiro atoms. The lowest BCUT2D eigenvalue weighted by Crippen LogP contribution is -2.28. The van der Waals surface area contributed by atoms with Gasteiger partial charge in [0.15, 0.2) is 0 Å². The van der Waals surface area contributed by atoms with Gasteiger partial charge in [-0.1, -0.05) is 13.8 Å². The van der Waals surface area contributed by atoms with Crippen molar-refractivity contribution in [2.45, 2.75) is 65.6 Å². The standard InChI is InChI=1S/C13H25N3O/c1-6-12(7-2)16-9-8-11(15-16)10-14-17-13(3,4)5/h8-9,12,14H,6-7,10H2,1-5H3. The zero-order valence-corrected chi connectivity index (χ0v) is 11.7. The van der Waals surface area contributed by atoms with Gasteiger partial charge in [-0.05, 0) is 39.7 Å². The topological polar surface area (TPSA) is 39.1 Å². The highest BCUT2D eigenvalue weighted by Gasteiger charge is 2.11.